The van der Waals surface area contributed by atoms with Gasteiger partial charge in [-0.25, -0.2) is 4.98 Å². The fraction of sp³-hybridized carbons (Fsp3) is 0.500. The van der Waals surface area contributed by atoms with Gasteiger partial charge < -0.3 is 14.5 Å². The number of morpholine rings is 1. The maximum absolute atomic E-state index is 5.64. The van der Waals surface area contributed by atoms with Crippen LogP contribution in [0.15, 0.2) is 30.6 Å². The number of nitrogens with one attached hydrogen (secondary N) is 1. The normalized spacial score (nSPS) is 17.7. The standard InChI is InChI=1S/C22H30N6O/c1-15-13-29-11-10-28(15)19-12-18(27(5)14-22(2,3)4)16-6-8-23-21(20(16)25-19)17-7-9-24-26-17/h6-9,12,15H,10-11,13-14H2,1-5H3,(H,24,26). The van der Waals surface area contributed by atoms with Crippen LogP contribution in [0.5, 0.6) is 0 Å². The molecule has 0 amide bonds. The first-order valence-electron chi connectivity index (χ1n) is 10.2. The molecule has 154 valence electrons. The Morgan fingerprint density at radius 1 is 1.28 bits per heavy atom. The molecule has 3 aromatic heterocycles. The molecule has 1 N–H and O–H groups in total. The third-order valence-electron chi connectivity index (χ3n) is 5.23. The summed E-state index contributed by atoms with van der Waals surface area (Å²) >= 11 is 0. The van der Waals surface area contributed by atoms with Crippen LogP contribution in [0.4, 0.5) is 11.5 Å². The van der Waals surface area contributed by atoms with Crippen molar-refractivity contribution in [1.82, 2.24) is 20.2 Å². The summed E-state index contributed by atoms with van der Waals surface area (Å²) in [7, 11) is 2.16. The molecule has 4 heterocycles. The number of pyridine rings is 2. The van der Waals surface area contributed by atoms with Crippen molar-refractivity contribution < 1.29 is 4.74 Å². The second-order valence-electron chi connectivity index (χ2n) is 9.06. The Kier molecular flexibility index (Phi) is 5.17. The number of aromatic nitrogens is 4. The van der Waals surface area contributed by atoms with Crippen LogP contribution in [0.2, 0.25) is 0 Å². The summed E-state index contributed by atoms with van der Waals surface area (Å²) in [4.78, 5) is 14.4. The fourth-order valence-electron chi connectivity index (χ4n) is 4.03. The first-order chi connectivity index (χ1) is 13.8. The summed E-state index contributed by atoms with van der Waals surface area (Å²) in [6, 6.07) is 6.49. The van der Waals surface area contributed by atoms with Crippen molar-refractivity contribution in [1.29, 1.82) is 0 Å². The van der Waals surface area contributed by atoms with Gasteiger partial charge in [0, 0.05) is 49.7 Å². The predicted molar refractivity (Wildman–Crippen MR) is 117 cm³/mol. The van der Waals surface area contributed by atoms with E-state index in [1.807, 2.05) is 12.3 Å². The molecule has 29 heavy (non-hydrogen) atoms. The average molecular weight is 395 g/mol. The van der Waals surface area contributed by atoms with Gasteiger partial charge in [0.1, 0.15) is 17.0 Å². The maximum Gasteiger partial charge on any atom is 0.131 e. The molecule has 1 fully saturated rings. The monoisotopic (exact) mass is 394 g/mol. The second kappa shape index (κ2) is 7.63. The zero-order valence-electron chi connectivity index (χ0n) is 17.9. The highest BCUT2D eigenvalue weighted by Gasteiger charge is 2.24. The zero-order valence-corrected chi connectivity index (χ0v) is 17.9. The van der Waals surface area contributed by atoms with E-state index in [2.05, 4.69) is 71.9 Å². The number of H-pyrrole nitrogens is 1. The second-order valence-corrected chi connectivity index (χ2v) is 9.06. The third-order valence-corrected chi connectivity index (χ3v) is 5.23. The number of ether oxygens (including phenoxy) is 1. The summed E-state index contributed by atoms with van der Waals surface area (Å²) in [6.07, 6.45) is 3.60. The van der Waals surface area contributed by atoms with E-state index >= 15 is 0 Å². The molecule has 0 aromatic carbocycles. The number of aromatic amines is 1. The lowest BCUT2D eigenvalue weighted by Gasteiger charge is -2.36. The van der Waals surface area contributed by atoms with Gasteiger partial charge in [-0.2, -0.15) is 5.10 Å². The number of anilines is 2. The maximum atomic E-state index is 5.64. The summed E-state index contributed by atoms with van der Waals surface area (Å²) in [5.74, 6) is 0.970. The number of rotatable bonds is 4. The lowest BCUT2D eigenvalue weighted by molar-refractivity contribution is 0.0986. The van der Waals surface area contributed by atoms with E-state index in [1.54, 1.807) is 6.20 Å². The van der Waals surface area contributed by atoms with Gasteiger partial charge in [0.25, 0.3) is 0 Å². The fourth-order valence-corrected chi connectivity index (χ4v) is 4.03. The number of nitrogens with zero attached hydrogens (tertiary/aromatic N) is 5. The van der Waals surface area contributed by atoms with Crippen LogP contribution in [-0.2, 0) is 4.74 Å². The summed E-state index contributed by atoms with van der Waals surface area (Å²) in [5, 5.41) is 8.24. The van der Waals surface area contributed by atoms with Gasteiger partial charge in [0.05, 0.1) is 24.9 Å². The topological polar surface area (TPSA) is 70.2 Å². The minimum Gasteiger partial charge on any atom is -0.377 e. The van der Waals surface area contributed by atoms with E-state index in [-0.39, 0.29) is 11.5 Å². The van der Waals surface area contributed by atoms with Gasteiger partial charge in [0.2, 0.25) is 0 Å². The average Bonchev–Trinajstić information content (AvgIpc) is 3.20. The Bertz CT molecular complexity index is 979. The molecular weight excluding hydrogens is 364 g/mol. The molecule has 0 bridgehead atoms. The van der Waals surface area contributed by atoms with E-state index in [9.17, 15) is 0 Å². The van der Waals surface area contributed by atoms with E-state index in [0.717, 1.165) is 47.8 Å². The van der Waals surface area contributed by atoms with Crippen molar-refractivity contribution in [3.05, 3.63) is 30.6 Å². The van der Waals surface area contributed by atoms with E-state index < -0.39 is 0 Å². The van der Waals surface area contributed by atoms with E-state index in [0.29, 0.717) is 6.61 Å². The Hall–Kier alpha value is -2.67. The van der Waals surface area contributed by atoms with Crippen LogP contribution < -0.4 is 9.80 Å². The SMILES string of the molecule is CC1COCCN1c1cc(N(C)CC(C)(C)C)c2ccnc(-c3ccn[nH]3)c2n1. The molecule has 0 aliphatic carbocycles. The van der Waals surface area contributed by atoms with Crippen molar-refractivity contribution in [2.45, 2.75) is 33.7 Å². The van der Waals surface area contributed by atoms with Gasteiger partial charge in [-0.15, -0.1) is 0 Å². The third kappa shape index (κ3) is 4.05. The van der Waals surface area contributed by atoms with Gasteiger partial charge >= 0.3 is 0 Å². The Labute approximate surface area is 172 Å². The molecule has 3 aromatic rings. The Morgan fingerprint density at radius 3 is 2.79 bits per heavy atom. The van der Waals surface area contributed by atoms with Gasteiger partial charge in [-0.3, -0.25) is 10.1 Å². The molecular formula is C22H30N6O. The molecule has 1 aliphatic heterocycles. The lowest BCUT2D eigenvalue weighted by Crippen LogP contribution is -2.44. The number of hydrogen-bond donors (Lipinski definition) is 1. The molecule has 1 unspecified atom stereocenters. The highest BCUT2D eigenvalue weighted by molar-refractivity contribution is 6.00. The predicted octanol–water partition coefficient (Wildman–Crippen LogP) is 3.73. The van der Waals surface area contributed by atoms with Crippen molar-refractivity contribution in [3.8, 4) is 11.4 Å². The molecule has 0 saturated carbocycles. The molecule has 1 atom stereocenters. The van der Waals surface area contributed by atoms with Crippen LogP contribution >= 0.6 is 0 Å². The van der Waals surface area contributed by atoms with Crippen LogP contribution in [-0.4, -0.2) is 59.6 Å². The molecule has 7 nitrogen and oxygen atoms in total. The molecule has 1 aliphatic rings. The van der Waals surface area contributed by atoms with Crippen molar-refractivity contribution >= 4 is 22.4 Å². The molecule has 1 saturated heterocycles. The first kappa shape index (κ1) is 19.6. The quantitative estimate of drug-likeness (QED) is 0.727. The first-order valence-corrected chi connectivity index (χ1v) is 10.2. The molecule has 4 rings (SSSR count). The van der Waals surface area contributed by atoms with Crippen molar-refractivity contribution in [2.24, 2.45) is 5.41 Å². The highest BCUT2D eigenvalue weighted by atomic mass is 16.5. The molecule has 0 radical (unpaired) electrons. The van der Waals surface area contributed by atoms with Crippen LogP contribution in [0.25, 0.3) is 22.3 Å². The minimum absolute atomic E-state index is 0.177. The van der Waals surface area contributed by atoms with Gasteiger partial charge in [-0.05, 0) is 24.5 Å². The van der Waals surface area contributed by atoms with Crippen LogP contribution in [0.3, 0.4) is 0 Å². The smallest absolute Gasteiger partial charge is 0.131 e. The lowest BCUT2D eigenvalue weighted by atomic mass is 9.96. The molecule has 7 heteroatoms. The summed E-state index contributed by atoms with van der Waals surface area (Å²) in [6.45, 7) is 12.2. The van der Waals surface area contributed by atoms with Gasteiger partial charge in [0.15, 0.2) is 0 Å². The zero-order chi connectivity index (χ0) is 20.6. The summed E-state index contributed by atoms with van der Waals surface area (Å²) < 4.78 is 5.64. The van der Waals surface area contributed by atoms with E-state index in [4.69, 9.17) is 9.72 Å². The largest absolute Gasteiger partial charge is 0.377 e. The minimum atomic E-state index is 0.177. The Balaban J connectivity index is 1.91. The van der Waals surface area contributed by atoms with Crippen LogP contribution in [0, 0.1) is 5.41 Å². The van der Waals surface area contributed by atoms with Crippen LogP contribution in [0.1, 0.15) is 27.7 Å². The Morgan fingerprint density at radius 2 is 2.10 bits per heavy atom. The highest BCUT2D eigenvalue weighted by Crippen LogP contribution is 2.35. The molecule has 0 spiro atoms. The van der Waals surface area contributed by atoms with Crippen molar-refractivity contribution in [2.75, 3.05) is 43.2 Å². The number of fused-ring (bicyclic) bond motifs is 1. The van der Waals surface area contributed by atoms with Gasteiger partial charge in [-0.1, -0.05) is 20.8 Å². The number of hydrogen-bond acceptors (Lipinski definition) is 6. The summed E-state index contributed by atoms with van der Waals surface area (Å²) in [5.41, 5.74) is 3.94. The van der Waals surface area contributed by atoms with E-state index in [1.165, 1.54) is 5.69 Å². The van der Waals surface area contributed by atoms with Crippen molar-refractivity contribution in [3.63, 3.8) is 0 Å².